The highest BCUT2D eigenvalue weighted by atomic mass is 32.2. The number of rotatable bonds is 6. The van der Waals surface area contributed by atoms with E-state index in [1.54, 1.807) is 25.3 Å². The van der Waals surface area contributed by atoms with Gasteiger partial charge in [-0.3, -0.25) is 9.59 Å². The predicted molar refractivity (Wildman–Crippen MR) is 140 cm³/mol. The molecule has 5 rings (SSSR count). The molecule has 1 atom stereocenters. The van der Waals surface area contributed by atoms with Crippen molar-refractivity contribution in [2.45, 2.75) is 32.6 Å². The SMILES string of the molecule is COc1ccc([C@@H]2C(C#N)=C(SCC(=O)Nc3ccc4c(c3)OCO4)NC3=C2C(=O)CC(C)(C)C3)cc1. The van der Waals surface area contributed by atoms with Gasteiger partial charge in [0.25, 0.3) is 0 Å². The summed E-state index contributed by atoms with van der Waals surface area (Å²) < 4.78 is 16.0. The topological polar surface area (TPSA) is 110 Å². The largest absolute Gasteiger partial charge is 0.497 e. The smallest absolute Gasteiger partial charge is 0.234 e. The van der Waals surface area contributed by atoms with Crippen molar-refractivity contribution < 1.29 is 23.8 Å². The lowest BCUT2D eigenvalue weighted by atomic mass is 9.69. The van der Waals surface area contributed by atoms with E-state index in [1.165, 1.54) is 11.8 Å². The molecule has 0 aromatic heterocycles. The lowest BCUT2D eigenvalue weighted by Crippen LogP contribution is -2.37. The minimum Gasteiger partial charge on any atom is -0.497 e. The second kappa shape index (κ2) is 9.87. The number of Topliss-reactive ketones (excluding diaryl/α,β-unsaturated/α-hetero) is 1. The number of nitrogens with one attached hydrogen (secondary N) is 2. The first-order valence-corrected chi connectivity index (χ1v) is 12.9. The van der Waals surface area contributed by atoms with Gasteiger partial charge in [0.1, 0.15) is 5.75 Å². The third-order valence-electron chi connectivity index (χ3n) is 6.58. The second-order valence-corrected chi connectivity index (χ2v) is 10.9. The van der Waals surface area contributed by atoms with E-state index in [0.717, 1.165) is 11.3 Å². The number of ketones is 1. The molecule has 0 saturated heterocycles. The van der Waals surface area contributed by atoms with Crippen molar-refractivity contribution in [1.29, 1.82) is 5.26 Å². The van der Waals surface area contributed by atoms with Crippen molar-refractivity contribution in [2.75, 3.05) is 25.0 Å². The summed E-state index contributed by atoms with van der Waals surface area (Å²) >= 11 is 1.25. The van der Waals surface area contributed by atoms with Crippen LogP contribution in [0.15, 0.2) is 64.3 Å². The van der Waals surface area contributed by atoms with Gasteiger partial charge >= 0.3 is 0 Å². The fraction of sp³-hybridized carbons (Fsp3) is 0.321. The van der Waals surface area contributed by atoms with E-state index in [2.05, 4.69) is 30.6 Å². The molecule has 2 aromatic carbocycles. The first kappa shape index (κ1) is 24.8. The molecule has 0 spiro atoms. The van der Waals surface area contributed by atoms with Crippen LogP contribution in [0.25, 0.3) is 0 Å². The number of carbonyl (C=O) groups is 2. The standard InChI is InChI=1S/C28H27N3O5S/c1-28(2)11-20-26(21(32)12-28)25(16-4-7-18(34-3)8-5-16)19(13-29)27(31-20)37-14-24(33)30-17-6-9-22-23(10-17)36-15-35-22/h4-10,25,31H,11-12,14-15H2,1-3H3,(H,30,33)/t25-/m1/s1. The van der Waals surface area contributed by atoms with Crippen LogP contribution >= 0.6 is 11.8 Å². The highest BCUT2D eigenvalue weighted by Crippen LogP contribution is 2.48. The molecule has 0 radical (unpaired) electrons. The van der Waals surface area contributed by atoms with Crippen LogP contribution in [-0.2, 0) is 9.59 Å². The molecular formula is C28H27N3O5S. The van der Waals surface area contributed by atoms with Crippen LogP contribution in [0.4, 0.5) is 5.69 Å². The molecular weight excluding hydrogens is 490 g/mol. The van der Waals surface area contributed by atoms with E-state index in [-0.39, 0.29) is 29.7 Å². The summed E-state index contributed by atoms with van der Waals surface area (Å²) in [5.74, 6) is 1.31. The van der Waals surface area contributed by atoms with Crippen molar-refractivity contribution >= 4 is 29.1 Å². The van der Waals surface area contributed by atoms with Crippen molar-refractivity contribution in [3.8, 4) is 23.3 Å². The Hall–Kier alpha value is -3.90. The van der Waals surface area contributed by atoms with Gasteiger partial charge in [0, 0.05) is 29.4 Å². The van der Waals surface area contributed by atoms with Gasteiger partial charge < -0.3 is 24.8 Å². The number of fused-ring (bicyclic) bond motifs is 1. The van der Waals surface area contributed by atoms with Gasteiger partial charge in [-0.25, -0.2) is 0 Å². The maximum absolute atomic E-state index is 13.3. The van der Waals surface area contributed by atoms with Crippen LogP contribution in [-0.4, -0.2) is 31.3 Å². The Kier molecular flexibility index (Phi) is 6.61. The number of allylic oxidation sites excluding steroid dienone is 3. The average molecular weight is 518 g/mol. The van der Waals surface area contributed by atoms with E-state index < -0.39 is 5.92 Å². The van der Waals surface area contributed by atoms with E-state index in [0.29, 0.717) is 52.0 Å². The maximum Gasteiger partial charge on any atom is 0.234 e. The quantitative estimate of drug-likeness (QED) is 0.559. The number of carbonyl (C=O) groups excluding carboxylic acids is 2. The zero-order chi connectivity index (χ0) is 26.2. The third-order valence-corrected chi connectivity index (χ3v) is 7.60. The Bertz CT molecular complexity index is 1370. The monoisotopic (exact) mass is 517 g/mol. The minimum absolute atomic E-state index is 0.0388. The van der Waals surface area contributed by atoms with E-state index in [1.807, 2.05) is 24.3 Å². The fourth-order valence-electron chi connectivity index (χ4n) is 4.93. The number of nitrogens with zero attached hydrogens (tertiary/aromatic N) is 1. The molecule has 1 amide bonds. The lowest BCUT2D eigenvalue weighted by molar-refractivity contribution is -0.118. The van der Waals surface area contributed by atoms with E-state index in [4.69, 9.17) is 14.2 Å². The molecule has 2 heterocycles. The Labute approximate surface area is 219 Å². The fourth-order valence-corrected chi connectivity index (χ4v) is 5.79. The molecule has 0 bridgehead atoms. The average Bonchev–Trinajstić information content (AvgIpc) is 3.34. The molecule has 0 unspecified atom stereocenters. The summed E-state index contributed by atoms with van der Waals surface area (Å²) in [5.41, 5.74) is 3.11. The van der Waals surface area contributed by atoms with Crippen molar-refractivity contribution in [3.63, 3.8) is 0 Å². The Morgan fingerprint density at radius 2 is 1.95 bits per heavy atom. The summed E-state index contributed by atoms with van der Waals surface area (Å²) in [6, 6.07) is 15.0. The number of nitriles is 1. The summed E-state index contributed by atoms with van der Waals surface area (Å²) in [4.78, 5) is 26.1. The first-order chi connectivity index (χ1) is 17.8. The van der Waals surface area contributed by atoms with E-state index in [9.17, 15) is 14.9 Å². The molecule has 190 valence electrons. The van der Waals surface area contributed by atoms with Crippen molar-refractivity contribution in [2.24, 2.45) is 5.41 Å². The zero-order valence-corrected chi connectivity index (χ0v) is 21.7. The van der Waals surface area contributed by atoms with Crippen LogP contribution in [0.1, 0.15) is 38.2 Å². The Morgan fingerprint density at radius 1 is 1.19 bits per heavy atom. The molecule has 0 fully saturated rings. The first-order valence-electron chi connectivity index (χ1n) is 11.9. The summed E-state index contributed by atoms with van der Waals surface area (Å²) in [5, 5.41) is 17.0. The molecule has 9 heteroatoms. The summed E-state index contributed by atoms with van der Waals surface area (Å²) in [6.45, 7) is 4.29. The van der Waals surface area contributed by atoms with Gasteiger partial charge in [0.05, 0.1) is 35.5 Å². The molecule has 8 nitrogen and oxygen atoms in total. The van der Waals surface area contributed by atoms with Gasteiger partial charge in [0.15, 0.2) is 17.3 Å². The van der Waals surface area contributed by atoms with Crippen LogP contribution in [0.3, 0.4) is 0 Å². The highest BCUT2D eigenvalue weighted by Gasteiger charge is 2.42. The highest BCUT2D eigenvalue weighted by molar-refractivity contribution is 8.03. The summed E-state index contributed by atoms with van der Waals surface area (Å²) in [6.07, 6.45) is 1.09. The Morgan fingerprint density at radius 3 is 2.68 bits per heavy atom. The Balaban J connectivity index is 1.41. The van der Waals surface area contributed by atoms with Crippen LogP contribution < -0.4 is 24.8 Å². The molecule has 2 N–H and O–H groups in total. The number of dihydropyridines is 1. The molecule has 0 saturated carbocycles. The molecule has 1 aliphatic carbocycles. The second-order valence-electron chi connectivity index (χ2n) is 9.92. The van der Waals surface area contributed by atoms with Gasteiger partial charge in [-0.2, -0.15) is 5.26 Å². The van der Waals surface area contributed by atoms with Crippen molar-refractivity contribution in [1.82, 2.24) is 5.32 Å². The van der Waals surface area contributed by atoms with E-state index >= 15 is 0 Å². The van der Waals surface area contributed by atoms with Gasteiger partial charge in [-0.1, -0.05) is 37.7 Å². The molecule has 37 heavy (non-hydrogen) atoms. The number of hydrogen-bond donors (Lipinski definition) is 2. The predicted octanol–water partition coefficient (Wildman–Crippen LogP) is 4.86. The molecule has 2 aromatic rings. The molecule has 3 aliphatic rings. The lowest BCUT2D eigenvalue weighted by Gasteiger charge is -2.39. The van der Waals surface area contributed by atoms with Gasteiger partial charge in [0.2, 0.25) is 12.7 Å². The number of thioether (sulfide) groups is 1. The van der Waals surface area contributed by atoms with Crippen LogP contribution in [0.2, 0.25) is 0 Å². The third kappa shape index (κ3) is 5.02. The van der Waals surface area contributed by atoms with Gasteiger partial charge in [-0.05, 0) is 41.7 Å². The van der Waals surface area contributed by atoms with Crippen LogP contribution in [0.5, 0.6) is 17.2 Å². The minimum atomic E-state index is -0.504. The van der Waals surface area contributed by atoms with Gasteiger partial charge in [-0.15, -0.1) is 0 Å². The van der Waals surface area contributed by atoms with Crippen LogP contribution in [0, 0.1) is 16.7 Å². The number of benzene rings is 2. The zero-order valence-electron chi connectivity index (χ0n) is 20.8. The normalized spacial score (nSPS) is 19.6. The number of anilines is 1. The maximum atomic E-state index is 13.3. The number of amides is 1. The number of ether oxygens (including phenoxy) is 3. The van der Waals surface area contributed by atoms with Crippen molar-refractivity contribution in [3.05, 3.63) is 69.9 Å². The number of hydrogen-bond acceptors (Lipinski definition) is 8. The number of methoxy groups -OCH3 is 1. The summed E-state index contributed by atoms with van der Waals surface area (Å²) in [7, 11) is 1.59. The molecule has 2 aliphatic heterocycles.